The number of phenols is 1. The molecular formula is C30H36N2O9S. The van der Waals surface area contributed by atoms with Crippen molar-refractivity contribution in [1.82, 2.24) is 4.90 Å². The standard InChI is InChI=1S/C30H36N2O9S/c1-4-17(34)41-26-19-15(12-42-13-8-5-6-9-13)14-10-7-11-16(33)18(14)24(35)20(19)27(37)30(40)22(26)23(32(2)3)25(36)21(28(30)38)29(31)39/h7,10-11,13,15,19,22-23,26,33,35,38,40H,4-6,8-9,12H2,1-3H3,(H2,31,39)/t15-,19?,22?,23-,26-,30-/m0/s1. The number of phenolic OH excluding ortho intramolecular Hbond substituents is 1. The van der Waals surface area contributed by atoms with Gasteiger partial charge in [-0.2, -0.15) is 11.8 Å². The molecule has 0 heterocycles. The van der Waals surface area contributed by atoms with E-state index in [1.54, 1.807) is 30.8 Å². The molecule has 0 saturated heterocycles. The number of esters is 1. The van der Waals surface area contributed by atoms with E-state index < -0.39 is 76.0 Å². The quantitative estimate of drug-likeness (QED) is 0.228. The van der Waals surface area contributed by atoms with Crippen LogP contribution in [-0.2, 0) is 23.9 Å². The van der Waals surface area contributed by atoms with Crippen LogP contribution in [0.5, 0.6) is 5.75 Å². The van der Waals surface area contributed by atoms with Crippen LogP contribution in [0.4, 0.5) is 0 Å². The normalized spacial score (nSPS) is 31.2. The Hall–Kier alpha value is -3.35. The van der Waals surface area contributed by atoms with Crippen molar-refractivity contribution in [2.45, 2.75) is 67.9 Å². The lowest BCUT2D eigenvalue weighted by atomic mass is 9.54. The maximum Gasteiger partial charge on any atom is 0.305 e. The number of carbonyl (C=O) groups excluding carboxylic acids is 4. The first kappa shape index (κ1) is 30.1. The second kappa shape index (κ2) is 11.1. The lowest BCUT2D eigenvalue weighted by Gasteiger charge is -2.54. The van der Waals surface area contributed by atoms with Crippen LogP contribution in [0.3, 0.4) is 0 Å². The Bertz CT molecular complexity index is 1410. The summed E-state index contributed by atoms with van der Waals surface area (Å²) in [7, 11) is 3.00. The number of rotatable bonds is 7. The lowest BCUT2D eigenvalue weighted by Crippen LogP contribution is -2.71. The van der Waals surface area contributed by atoms with E-state index in [9.17, 15) is 39.6 Å². The van der Waals surface area contributed by atoms with Crippen LogP contribution in [0.1, 0.15) is 56.1 Å². The number of aromatic hydroxyl groups is 1. The summed E-state index contributed by atoms with van der Waals surface area (Å²) in [5, 5.41) is 46.2. The van der Waals surface area contributed by atoms with Crippen molar-refractivity contribution in [3.63, 3.8) is 0 Å². The van der Waals surface area contributed by atoms with Crippen LogP contribution in [-0.4, -0.2) is 91.6 Å². The second-order valence-corrected chi connectivity index (χ2v) is 13.0. The maximum atomic E-state index is 14.4. The van der Waals surface area contributed by atoms with E-state index in [-0.39, 0.29) is 23.3 Å². The highest BCUT2D eigenvalue weighted by molar-refractivity contribution is 7.99. The van der Waals surface area contributed by atoms with Crippen molar-refractivity contribution in [1.29, 1.82) is 0 Å². The van der Waals surface area contributed by atoms with E-state index in [2.05, 4.69) is 0 Å². The number of nitrogens with two attached hydrogens (primary N) is 1. The SMILES string of the molecule is CCC(=O)O[C@H]1C2C(=C(O)c3c(O)cccc3[C@@H]2CSC2CCCC2)C(=O)[C@]2(O)C(O)=C(C(N)=O)C(=O)[C@@H](N(C)C)C12. The van der Waals surface area contributed by atoms with E-state index in [1.807, 2.05) is 0 Å². The fourth-order valence-electron chi connectivity index (χ4n) is 7.24. The van der Waals surface area contributed by atoms with Gasteiger partial charge >= 0.3 is 5.97 Å². The zero-order valence-corrected chi connectivity index (χ0v) is 24.5. The molecule has 2 fully saturated rings. The smallest absolute Gasteiger partial charge is 0.305 e. The number of nitrogens with zero attached hydrogens (tertiary/aromatic N) is 1. The number of thioether (sulfide) groups is 1. The van der Waals surface area contributed by atoms with Gasteiger partial charge in [0.15, 0.2) is 11.4 Å². The Morgan fingerprint density at radius 2 is 1.81 bits per heavy atom. The van der Waals surface area contributed by atoms with Gasteiger partial charge in [-0.15, -0.1) is 0 Å². The van der Waals surface area contributed by atoms with Crippen LogP contribution < -0.4 is 5.73 Å². The summed E-state index contributed by atoms with van der Waals surface area (Å²) in [4.78, 5) is 54.7. The first-order valence-electron chi connectivity index (χ1n) is 14.1. The molecule has 0 bridgehead atoms. The number of fused-ring (bicyclic) bond motifs is 3. The van der Waals surface area contributed by atoms with Gasteiger partial charge in [0.1, 0.15) is 28.9 Å². The largest absolute Gasteiger partial charge is 0.508 e. The summed E-state index contributed by atoms with van der Waals surface area (Å²) >= 11 is 1.69. The third kappa shape index (κ3) is 4.42. The van der Waals surface area contributed by atoms with Crippen LogP contribution in [0.15, 0.2) is 35.1 Å². The number of aliphatic hydroxyl groups excluding tert-OH is 2. The first-order valence-corrected chi connectivity index (χ1v) is 15.2. The molecule has 2 saturated carbocycles. The van der Waals surface area contributed by atoms with Crippen LogP contribution in [0.25, 0.3) is 5.76 Å². The summed E-state index contributed by atoms with van der Waals surface area (Å²) in [5.41, 5.74) is 1.74. The fraction of sp³-hybridized carbons (Fsp3) is 0.533. The lowest BCUT2D eigenvalue weighted by molar-refractivity contribution is -0.185. The Balaban J connectivity index is 1.80. The molecule has 4 aliphatic carbocycles. The van der Waals surface area contributed by atoms with Crippen LogP contribution in [0.2, 0.25) is 0 Å². The number of hydrogen-bond acceptors (Lipinski definition) is 11. The Morgan fingerprint density at radius 3 is 2.40 bits per heavy atom. The molecule has 226 valence electrons. The van der Waals surface area contributed by atoms with Gasteiger partial charge < -0.3 is 30.9 Å². The number of primary amides is 1. The predicted octanol–water partition coefficient (Wildman–Crippen LogP) is 2.11. The molecule has 5 rings (SSSR count). The topological polar surface area (TPSA) is 188 Å². The first-order chi connectivity index (χ1) is 19.9. The van der Waals surface area contributed by atoms with Crippen molar-refractivity contribution in [2.75, 3.05) is 19.8 Å². The summed E-state index contributed by atoms with van der Waals surface area (Å²) in [5.74, 6) is -9.03. The highest BCUT2D eigenvalue weighted by Crippen LogP contribution is 2.58. The van der Waals surface area contributed by atoms with Crippen molar-refractivity contribution in [3.8, 4) is 5.75 Å². The molecule has 6 N–H and O–H groups in total. The van der Waals surface area contributed by atoms with E-state index in [0.29, 0.717) is 16.6 Å². The number of Topliss-reactive ketones (excluding diaryl/α,β-unsaturated/α-hetero) is 2. The number of carbonyl (C=O) groups is 4. The van der Waals surface area contributed by atoms with Gasteiger partial charge in [0.05, 0.1) is 17.5 Å². The van der Waals surface area contributed by atoms with E-state index >= 15 is 0 Å². The number of aliphatic hydroxyl groups is 3. The highest BCUT2D eigenvalue weighted by Gasteiger charge is 2.69. The molecule has 0 spiro atoms. The van der Waals surface area contributed by atoms with Crippen molar-refractivity contribution < 1.29 is 44.3 Å². The number of hydrogen-bond donors (Lipinski definition) is 5. The average molecular weight is 601 g/mol. The molecule has 6 atom stereocenters. The van der Waals surface area contributed by atoms with Crippen LogP contribution in [0, 0.1) is 11.8 Å². The second-order valence-electron chi connectivity index (χ2n) is 11.7. The highest BCUT2D eigenvalue weighted by atomic mass is 32.2. The molecule has 4 aliphatic rings. The van der Waals surface area contributed by atoms with Gasteiger partial charge in [-0.3, -0.25) is 24.1 Å². The summed E-state index contributed by atoms with van der Waals surface area (Å²) in [6.07, 6.45) is 2.77. The molecule has 42 heavy (non-hydrogen) atoms. The van der Waals surface area contributed by atoms with Gasteiger partial charge in [-0.05, 0) is 38.6 Å². The monoisotopic (exact) mass is 600 g/mol. The van der Waals surface area contributed by atoms with Crippen molar-refractivity contribution in [2.24, 2.45) is 17.6 Å². The van der Waals surface area contributed by atoms with E-state index in [1.165, 1.54) is 25.1 Å². The summed E-state index contributed by atoms with van der Waals surface area (Å²) in [6.45, 7) is 1.57. The summed E-state index contributed by atoms with van der Waals surface area (Å²) < 4.78 is 5.96. The number of benzene rings is 1. The number of ketones is 2. The van der Waals surface area contributed by atoms with Gasteiger partial charge in [0.25, 0.3) is 5.91 Å². The third-order valence-electron chi connectivity index (χ3n) is 9.14. The molecule has 1 aromatic rings. The molecule has 11 nitrogen and oxygen atoms in total. The molecule has 12 heteroatoms. The molecule has 0 aromatic heterocycles. The molecular weight excluding hydrogens is 564 g/mol. The minimum atomic E-state index is -2.95. The van der Waals surface area contributed by atoms with Crippen LogP contribution >= 0.6 is 11.8 Å². The number of amides is 1. The van der Waals surface area contributed by atoms with Gasteiger partial charge in [0.2, 0.25) is 5.78 Å². The molecule has 1 amide bonds. The number of ether oxygens (including phenoxy) is 1. The fourth-order valence-corrected chi connectivity index (χ4v) is 8.77. The Morgan fingerprint density at radius 1 is 1.14 bits per heavy atom. The van der Waals surface area contributed by atoms with E-state index in [4.69, 9.17) is 10.5 Å². The van der Waals surface area contributed by atoms with Gasteiger partial charge in [-0.1, -0.05) is 31.9 Å². The number of likely N-dealkylation sites (N-methyl/N-ethyl adjacent to an activating group) is 1. The van der Waals surface area contributed by atoms with Crippen molar-refractivity contribution in [3.05, 3.63) is 46.2 Å². The molecule has 0 aliphatic heterocycles. The molecule has 2 unspecified atom stereocenters. The Kier molecular flexibility index (Phi) is 7.92. The zero-order valence-electron chi connectivity index (χ0n) is 23.7. The zero-order chi connectivity index (χ0) is 30.7. The summed E-state index contributed by atoms with van der Waals surface area (Å²) in [6, 6.07) is 3.31. The van der Waals surface area contributed by atoms with Gasteiger partial charge in [0, 0.05) is 34.8 Å². The predicted molar refractivity (Wildman–Crippen MR) is 154 cm³/mol. The molecule has 1 aromatic carbocycles. The minimum Gasteiger partial charge on any atom is -0.508 e. The molecule has 0 radical (unpaired) electrons. The van der Waals surface area contributed by atoms with Crippen molar-refractivity contribution >= 4 is 41.0 Å². The Labute approximate surface area is 247 Å². The minimum absolute atomic E-state index is 0.00591. The van der Waals surface area contributed by atoms with Gasteiger partial charge in [-0.25, -0.2) is 0 Å². The average Bonchev–Trinajstić information content (AvgIpc) is 3.45. The van der Waals surface area contributed by atoms with E-state index in [0.717, 1.165) is 25.7 Å². The maximum absolute atomic E-state index is 14.4. The third-order valence-corrected chi connectivity index (χ3v) is 10.6.